The lowest BCUT2D eigenvalue weighted by molar-refractivity contribution is -0.126. The summed E-state index contributed by atoms with van der Waals surface area (Å²) in [6.45, 7) is 3.49. The molecule has 0 spiro atoms. The lowest BCUT2D eigenvalue weighted by Gasteiger charge is -2.25. The quantitative estimate of drug-likeness (QED) is 0.851. The fourth-order valence-corrected chi connectivity index (χ4v) is 4.04. The van der Waals surface area contributed by atoms with Gasteiger partial charge in [-0.15, -0.1) is 11.3 Å². The van der Waals surface area contributed by atoms with Gasteiger partial charge in [-0.1, -0.05) is 18.2 Å². The zero-order chi connectivity index (χ0) is 18.1. The molecule has 2 aliphatic heterocycles. The van der Waals surface area contributed by atoms with Gasteiger partial charge < -0.3 is 20.3 Å². The van der Waals surface area contributed by atoms with Crippen LogP contribution < -0.4 is 15.4 Å². The largest absolute Gasteiger partial charge is 0.494 e. The molecule has 0 aliphatic carbocycles. The van der Waals surface area contributed by atoms with E-state index < -0.39 is 6.04 Å². The summed E-state index contributed by atoms with van der Waals surface area (Å²) in [4.78, 5) is 28.0. The standard InChI is InChI=1S/C19H19N3O3S/c1-2-25-13-7-5-12(6-8-13)17-16-15(20-19(24)21-17)11-22(18(16)23)10-14-4-3-9-26-14/h3-9,17H,2,10-11H2,1H3,(H2,20,21,24)/t17-/m1/s1. The van der Waals surface area contributed by atoms with Crippen molar-refractivity contribution in [1.29, 1.82) is 0 Å². The van der Waals surface area contributed by atoms with Gasteiger partial charge in [0.25, 0.3) is 5.91 Å². The Balaban J connectivity index is 1.60. The van der Waals surface area contributed by atoms with Gasteiger partial charge in [0.1, 0.15) is 5.75 Å². The molecule has 2 aromatic rings. The number of hydrogen-bond acceptors (Lipinski definition) is 4. The Hall–Kier alpha value is -2.80. The van der Waals surface area contributed by atoms with Gasteiger partial charge in [0.05, 0.1) is 37.0 Å². The molecule has 3 amide bonds. The molecule has 1 atom stereocenters. The minimum Gasteiger partial charge on any atom is -0.494 e. The fraction of sp³-hybridized carbons (Fsp3) is 0.263. The van der Waals surface area contributed by atoms with Gasteiger partial charge in [-0.2, -0.15) is 0 Å². The maximum atomic E-state index is 13.0. The molecule has 0 bridgehead atoms. The van der Waals surface area contributed by atoms with E-state index in [4.69, 9.17) is 4.74 Å². The molecule has 4 rings (SSSR count). The monoisotopic (exact) mass is 369 g/mol. The Kier molecular flexibility index (Phi) is 4.38. The molecular weight excluding hydrogens is 350 g/mol. The molecule has 26 heavy (non-hydrogen) atoms. The molecule has 0 radical (unpaired) electrons. The second-order valence-corrected chi connectivity index (χ2v) is 7.20. The summed E-state index contributed by atoms with van der Waals surface area (Å²) < 4.78 is 5.47. The maximum Gasteiger partial charge on any atom is 0.319 e. The van der Waals surface area contributed by atoms with Crippen LogP contribution in [0, 0.1) is 0 Å². The van der Waals surface area contributed by atoms with Crippen molar-refractivity contribution in [3.63, 3.8) is 0 Å². The number of amides is 3. The van der Waals surface area contributed by atoms with E-state index in [1.54, 1.807) is 16.2 Å². The second-order valence-electron chi connectivity index (χ2n) is 6.17. The zero-order valence-corrected chi connectivity index (χ0v) is 15.1. The van der Waals surface area contributed by atoms with Crippen molar-refractivity contribution in [3.8, 4) is 5.75 Å². The minimum atomic E-state index is -0.449. The highest BCUT2D eigenvalue weighted by Crippen LogP contribution is 2.34. The van der Waals surface area contributed by atoms with E-state index >= 15 is 0 Å². The van der Waals surface area contributed by atoms with Crippen LogP contribution in [0.3, 0.4) is 0 Å². The Morgan fingerprint density at radius 1 is 1.23 bits per heavy atom. The SMILES string of the molecule is CCOc1ccc([C@H]2NC(=O)NC3=C2C(=O)N(Cc2cccs2)C3)cc1. The van der Waals surface area contributed by atoms with E-state index in [2.05, 4.69) is 10.6 Å². The van der Waals surface area contributed by atoms with Crippen molar-refractivity contribution < 1.29 is 14.3 Å². The first-order valence-corrected chi connectivity index (χ1v) is 9.38. The van der Waals surface area contributed by atoms with E-state index in [0.717, 1.165) is 16.2 Å². The van der Waals surface area contributed by atoms with E-state index in [9.17, 15) is 9.59 Å². The summed E-state index contributed by atoms with van der Waals surface area (Å²) in [5.41, 5.74) is 2.17. The lowest BCUT2D eigenvalue weighted by atomic mass is 9.96. The average Bonchev–Trinajstić information content (AvgIpc) is 3.24. The van der Waals surface area contributed by atoms with Crippen LogP contribution in [0.25, 0.3) is 0 Å². The highest BCUT2D eigenvalue weighted by atomic mass is 32.1. The number of nitrogens with zero attached hydrogens (tertiary/aromatic N) is 1. The summed E-state index contributed by atoms with van der Waals surface area (Å²) in [7, 11) is 0. The van der Waals surface area contributed by atoms with E-state index in [1.165, 1.54) is 0 Å². The Bertz CT molecular complexity index is 859. The number of carbonyl (C=O) groups is 2. The molecular formula is C19H19N3O3S. The first kappa shape index (κ1) is 16.7. The first-order valence-electron chi connectivity index (χ1n) is 8.50. The van der Waals surface area contributed by atoms with Crippen molar-refractivity contribution in [2.75, 3.05) is 13.2 Å². The Morgan fingerprint density at radius 2 is 2.04 bits per heavy atom. The van der Waals surface area contributed by atoms with Crippen LogP contribution in [0.5, 0.6) is 5.75 Å². The topological polar surface area (TPSA) is 70.7 Å². The van der Waals surface area contributed by atoms with Crippen LogP contribution >= 0.6 is 11.3 Å². The fourth-order valence-electron chi connectivity index (χ4n) is 3.32. The highest BCUT2D eigenvalue weighted by Gasteiger charge is 2.40. The van der Waals surface area contributed by atoms with E-state index in [0.29, 0.717) is 31.0 Å². The molecule has 0 saturated carbocycles. The molecule has 3 heterocycles. The molecule has 134 valence electrons. The maximum absolute atomic E-state index is 13.0. The number of nitrogens with one attached hydrogen (secondary N) is 2. The first-order chi connectivity index (χ1) is 12.7. The highest BCUT2D eigenvalue weighted by molar-refractivity contribution is 7.09. The second kappa shape index (κ2) is 6.84. The van der Waals surface area contributed by atoms with Crippen LogP contribution in [0.4, 0.5) is 4.79 Å². The van der Waals surface area contributed by atoms with Gasteiger partial charge in [0, 0.05) is 4.88 Å². The molecule has 0 fully saturated rings. The van der Waals surface area contributed by atoms with Gasteiger partial charge in [0.2, 0.25) is 0 Å². The lowest BCUT2D eigenvalue weighted by Crippen LogP contribution is -2.44. The number of thiophene rings is 1. The molecule has 2 N–H and O–H groups in total. The van der Waals surface area contributed by atoms with E-state index in [-0.39, 0.29) is 11.9 Å². The molecule has 6 nitrogen and oxygen atoms in total. The third-order valence-corrected chi connectivity index (χ3v) is 5.33. The van der Waals surface area contributed by atoms with Crippen LogP contribution in [0.2, 0.25) is 0 Å². The molecule has 7 heteroatoms. The van der Waals surface area contributed by atoms with Crippen molar-refractivity contribution >= 4 is 23.3 Å². The molecule has 0 saturated heterocycles. The van der Waals surface area contributed by atoms with Gasteiger partial charge in [0.15, 0.2) is 0 Å². The van der Waals surface area contributed by atoms with Crippen molar-refractivity contribution in [2.24, 2.45) is 0 Å². The number of benzene rings is 1. The van der Waals surface area contributed by atoms with E-state index in [1.807, 2.05) is 48.7 Å². The number of ether oxygens (including phenoxy) is 1. The summed E-state index contributed by atoms with van der Waals surface area (Å²) in [5.74, 6) is 0.725. The number of urea groups is 1. The Morgan fingerprint density at radius 3 is 2.73 bits per heavy atom. The summed E-state index contributed by atoms with van der Waals surface area (Å²) in [6.07, 6.45) is 0. The summed E-state index contributed by atoms with van der Waals surface area (Å²) in [5, 5.41) is 7.66. The number of rotatable bonds is 5. The third kappa shape index (κ3) is 3.06. The summed E-state index contributed by atoms with van der Waals surface area (Å²) in [6, 6.07) is 10.7. The molecule has 1 aromatic heterocycles. The normalized spacial score (nSPS) is 19.3. The van der Waals surface area contributed by atoms with Crippen LogP contribution in [0.1, 0.15) is 23.4 Å². The van der Waals surface area contributed by atoms with Crippen LogP contribution in [-0.2, 0) is 11.3 Å². The predicted octanol–water partition coefficient (Wildman–Crippen LogP) is 2.80. The molecule has 0 unspecified atom stereocenters. The minimum absolute atomic E-state index is 0.0419. The van der Waals surface area contributed by atoms with Crippen LogP contribution in [-0.4, -0.2) is 30.0 Å². The van der Waals surface area contributed by atoms with Gasteiger partial charge in [-0.05, 0) is 36.1 Å². The number of hydrogen-bond donors (Lipinski definition) is 2. The average molecular weight is 369 g/mol. The van der Waals surface area contributed by atoms with Crippen molar-refractivity contribution in [2.45, 2.75) is 19.5 Å². The zero-order valence-electron chi connectivity index (χ0n) is 14.3. The smallest absolute Gasteiger partial charge is 0.319 e. The van der Waals surface area contributed by atoms with Gasteiger partial charge in [-0.3, -0.25) is 4.79 Å². The molecule has 2 aliphatic rings. The van der Waals surface area contributed by atoms with Crippen molar-refractivity contribution in [3.05, 3.63) is 63.5 Å². The number of carbonyl (C=O) groups excluding carboxylic acids is 2. The summed E-state index contributed by atoms with van der Waals surface area (Å²) >= 11 is 1.62. The van der Waals surface area contributed by atoms with Gasteiger partial charge in [-0.25, -0.2) is 4.79 Å². The van der Waals surface area contributed by atoms with Crippen LogP contribution in [0.15, 0.2) is 53.0 Å². The third-order valence-electron chi connectivity index (χ3n) is 4.47. The van der Waals surface area contributed by atoms with Gasteiger partial charge >= 0.3 is 6.03 Å². The Labute approximate surface area is 155 Å². The predicted molar refractivity (Wildman–Crippen MR) is 98.8 cm³/mol. The van der Waals surface area contributed by atoms with Crippen molar-refractivity contribution in [1.82, 2.24) is 15.5 Å². The molecule has 1 aromatic carbocycles.